The molecule has 116 valence electrons. The fourth-order valence-electron chi connectivity index (χ4n) is 1.28. The van der Waals surface area contributed by atoms with Gasteiger partial charge in [-0.15, -0.1) is 19.8 Å². The monoisotopic (exact) mass is 620 g/mol. The second kappa shape index (κ2) is 19.1. The van der Waals surface area contributed by atoms with Crippen LogP contribution in [0.15, 0.2) is 6.08 Å². The zero-order chi connectivity index (χ0) is 14.6. The molecule has 1 aliphatic rings. The van der Waals surface area contributed by atoms with Gasteiger partial charge in [0.15, 0.2) is 0 Å². The third-order valence-electron chi connectivity index (χ3n) is 1.74. The Labute approximate surface area is 151 Å². The molecule has 0 aliphatic heterocycles. The Kier molecular flexibility index (Phi) is 27.1. The summed E-state index contributed by atoms with van der Waals surface area (Å²) in [5, 5.41) is 0. The first-order chi connectivity index (χ1) is 8.37. The number of ketones is 3. The van der Waals surface area contributed by atoms with E-state index < -0.39 is 0 Å². The summed E-state index contributed by atoms with van der Waals surface area (Å²) in [6.45, 7) is 9.30. The van der Waals surface area contributed by atoms with E-state index in [1.807, 2.05) is 6.92 Å². The van der Waals surface area contributed by atoms with Crippen LogP contribution >= 0.6 is 0 Å². The molecule has 0 radical (unpaired) electrons. The largest absolute Gasteiger partial charge is 0.407 e. The molecule has 0 saturated heterocycles. The summed E-state index contributed by atoms with van der Waals surface area (Å²) >= 11 is 0. The molecule has 5 heteroatoms. The van der Waals surface area contributed by atoms with Gasteiger partial charge in [-0.2, -0.15) is 13.0 Å². The molecule has 1 fully saturated rings. The summed E-state index contributed by atoms with van der Waals surface area (Å²) in [5.41, 5.74) is 0. The van der Waals surface area contributed by atoms with Crippen molar-refractivity contribution in [3.63, 3.8) is 0 Å². The SMILES string of the molecule is CCC.C[C-]1CC(=O)CC(=O)C1.C[C-]=CC(C)=O.[W].[W]. The van der Waals surface area contributed by atoms with Crippen molar-refractivity contribution in [2.75, 3.05) is 0 Å². The predicted molar refractivity (Wildman–Crippen MR) is 72.9 cm³/mol. The van der Waals surface area contributed by atoms with E-state index in [1.54, 1.807) is 6.92 Å². The molecule has 0 unspecified atom stereocenters. The zero-order valence-electron chi connectivity index (χ0n) is 12.9. The van der Waals surface area contributed by atoms with Crippen LogP contribution in [0.5, 0.6) is 0 Å². The van der Waals surface area contributed by atoms with Crippen molar-refractivity contribution >= 4 is 17.3 Å². The molecular weight excluding hydrogens is 596 g/mol. The minimum Gasteiger partial charge on any atom is -0.407 e. The molecule has 0 N–H and O–H groups in total. The molecule has 0 aromatic heterocycles. The molecule has 0 bridgehead atoms. The summed E-state index contributed by atoms with van der Waals surface area (Å²) < 4.78 is 0. The molecule has 3 nitrogen and oxygen atoms in total. The van der Waals surface area contributed by atoms with Crippen LogP contribution < -0.4 is 0 Å². The predicted octanol–water partition coefficient (Wildman–Crippen LogP) is 3.27. The molecule has 1 saturated carbocycles. The maximum Gasteiger partial charge on any atom is 0.111 e. The van der Waals surface area contributed by atoms with E-state index in [2.05, 4.69) is 19.9 Å². The van der Waals surface area contributed by atoms with Crippen molar-refractivity contribution in [2.45, 2.75) is 60.3 Å². The summed E-state index contributed by atoms with van der Waals surface area (Å²) in [6.07, 6.45) is 6.45. The van der Waals surface area contributed by atoms with Gasteiger partial charge in [0.2, 0.25) is 0 Å². The van der Waals surface area contributed by atoms with E-state index in [0.717, 1.165) is 5.92 Å². The first-order valence-corrected chi connectivity index (χ1v) is 6.23. The molecule has 1 rings (SSSR count). The fourth-order valence-corrected chi connectivity index (χ4v) is 1.28. The van der Waals surface area contributed by atoms with Crippen molar-refractivity contribution in [1.82, 2.24) is 0 Å². The zero-order valence-corrected chi connectivity index (χ0v) is 18.8. The van der Waals surface area contributed by atoms with Gasteiger partial charge >= 0.3 is 0 Å². The van der Waals surface area contributed by atoms with Crippen molar-refractivity contribution in [1.29, 1.82) is 0 Å². The second-order valence-electron chi connectivity index (χ2n) is 4.32. The van der Waals surface area contributed by atoms with Crippen molar-refractivity contribution in [3.8, 4) is 0 Å². The van der Waals surface area contributed by atoms with Gasteiger partial charge in [0, 0.05) is 42.1 Å². The molecule has 1 aliphatic carbocycles. The van der Waals surface area contributed by atoms with E-state index in [9.17, 15) is 14.4 Å². The van der Waals surface area contributed by atoms with Crippen LogP contribution in [-0.4, -0.2) is 17.3 Å². The number of hydrogen-bond acceptors (Lipinski definition) is 3. The summed E-state index contributed by atoms with van der Waals surface area (Å²) in [5.74, 6) is 1.21. The van der Waals surface area contributed by atoms with Gasteiger partial charge in [0.25, 0.3) is 0 Å². The van der Waals surface area contributed by atoms with Crippen LogP contribution in [0, 0.1) is 12.0 Å². The Balaban J connectivity index is -0.000000103. The van der Waals surface area contributed by atoms with E-state index in [1.165, 1.54) is 19.4 Å². The van der Waals surface area contributed by atoms with Crippen molar-refractivity contribution in [2.24, 2.45) is 0 Å². The number of carbonyl (C=O) groups is 3. The van der Waals surface area contributed by atoms with E-state index >= 15 is 0 Å². The van der Waals surface area contributed by atoms with Gasteiger partial charge < -0.3 is 20.3 Å². The Morgan fingerprint density at radius 2 is 1.55 bits per heavy atom. The van der Waals surface area contributed by atoms with Crippen LogP contribution in [0.4, 0.5) is 0 Å². The smallest absolute Gasteiger partial charge is 0.111 e. The molecule has 0 spiro atoms. The first-order valence-electron chi connectivity index (χ1n) is 6.23. The van der Waals surface area contributed by atoms with E-state index in [4.69, 9.17) is 0 Å². The Morgan fingerprint density at radius 1 is 1.20 bits per heavy atom. The molecule has 0 aromatic carbocycles. The molecular formula is C15H24O3W2-2. The second-order valence-corrected chi connectivity index (χ2v) is 4.32. The minimum atomic E-state index is 0. The Morgan fingerprint density at radius 3 is 1.70 bits per heavy atom. The van der Waals surface area contributed by atoms with Gasteiger partial charge in [-0.3, -0.25) is 6.08 Å². The van der Waals surface area contributed by atoms with Crippen LogP contribution in [0.2, 0.25) is 0 Å². The summed E-state index contributed by atoms with van der Waals surface area (Å²) in [7, 11) is 0. The molecule has 0 heterocycles. The number of Topliss-reactive ketones (excluding diaryl/α,β-unsaturated/α-hetero) is 2. The van der Waals surface area contributed by atoms with Crippen LogP contribution in [0.25, 0.3) is 0 Å². The average Bonchev–Trinajstić information content (AvgIpc) is 2.16. The number of allylic oxidation sites excluding steroid dienone is 2. The van der Waals surface area contributed by atoms with Crippen LogP contribution in [0.3, 0.4) is 0 Å². The normalized spacial score (nSPS) is 14.1. The Hall–Kier alpha value is 0.127. The van der Waals surface area contributed by atoms with Gasteiger partial charge in [0.05, 0.1) is 6.42 Å². The average molecular weight is 620 g/mol. The van der Waals surface area contributed by atoms with E-state index in [-0.39, 0.29) is 65.9 Å². The van der Waals surface area contributed by atoms with Gasteiger partial charge in [0.1, 0.15) is 11.6 Å². The van der Waals surface area contributed by atoms with Crippen LogP contribution in [-0.2, 0) is 56.5 Å². The van der Waals surface area contributed by atoms with E-state index in [0.29, 0.717) is 12.8 Å². The topological polar surface area (TPSA) is 51.2 Å². The molecule has 0 amide bonds. The summed E-state index contributed by atoms with van der Waals surface area (Å²) in [4.78, 5) is 31.2. The Bertz CT molecular complexity index is 283. The van der Waals surface area contributed by atoms with Gasteiger partial charge in [-0.1, -0.05) is 27.2 Å². The quantitative estimate of drug-likeness (QED) is 0.257. The van der Waals surface area contributed by atoms with Gasteiger partial charge in [-0.05, 0) is 5.78 Å². The molecule has 0 aromatic rings. The standard InChI is InChI=1S/C7H9O2.C5H7O.C3H8.2W/c1-5-2-6(8)4-7(9)3-5;1-3-4-5(2)6;1-3-2;;/h2-4H2,1H3;4H,1-2H3;3H2,1-2H3;;/q2*-1;;;. The summed E-state index contributed by atoms with van der Waals surface area (Å²) in [6, 6.07) is 0. The van der Waals surface area contributed by atoms with Crippen LogP contribution in [0.1, 0.15) is 60.3 Å². The first kappa shape index (κ1) is 28.3. The molecule has 0 atom stereocenters. The van der Waals surface area contributed by atoms with Crippen molar-refractivity contribution < 1.29 is 56.5 Å². The number of hydrogen-bond donors (Lipinski definition) is 0. The third kappa shape index (κ3) is 23.2. The van der Waals surface area contributed by atoms with Crippen molar-refractivity contribution in [3.05, 3.63) is 18.1 Å². The molecule has 20 heavy (non-hydrogen) atoms. The number of rotatable bonds is 1. The fraction of sp³-hybridized carbons (Fsp3) is 0.600. The van der Waals surface area contributed by atoms with Gasteiger partial charge in [-0.25, -0.2) is 0 Å². The maximum atomic E-state index is 10.6. The maximum absolute atomic E-state index is 10.6. The third-order valence-corrected chi connectivity index (χ3v) is 1.74. The number of carbonyl (C=O) groups excluding carboxylic acids is 3. The minimum absolute atomic E-state index is 0.